The molecule has 0 bridgehead atoms. The molecule has 0 spiro atoms. The van der Waals surface area contributed by atoms with Crippen molar-refractivity contribution in [2.24, 2.45) is 7.05 Å². The van der Waals surface area contributed by atoms with Crippen LogP contribution in [0.2, 0.25) is 0 Å². The largest absolute Gasteiger partial charge is 0.274 e. The average molecular weight is 435 g/mol. The first-order valence-electron chi connectivity index (χ1n) is 9.27. The molecule has 154 valence electrons. The molecule has 0 unspecified atom stereocenters. The van der Waals surface area contributed by atoms with Gasteiger partial charge < -0.3 is 0 Å². The van der Waals surface area contributed by atoms with E-state index in [1.165, 1.54) is 25.7 Å². The highest BCUT2D eigenvalue weighted by Gasteiger charge is 2.32. The van der Waals surface area contributed by atoms with E-state index in [1.54, 1.807) is 25.2 Å². The maximum absolute atomic E-state index is 13.3. The average Bonchev–Trinajstić information content (AvgIpc) is 2.99. The predicted molar refractivity (Wildman–Crippen MR) is 109 cm³/mol. The second kappa shape index (κ2) is 7.52. The lowest BCUT2D eigenvalue weighted by Gasteiger charge is -2.22. The molecular formula is C19H22N4O4S2. The maximum Gasteiger partial charge on any atom is 0.246 e. The summed E-state index contributed by atoms with van der Waals surface area (Å²) in [6, 6.07) is 12.5. The van der Waals surface area contributed by atoms with Crippen molar-refractivity contribution in [1.82, 2.24) is 18.4 Å². The van der Waals surface area contributed by atoms with Gasteiger partial charge in [-0.05, 0) is 17.9 Å². The van der Waals surface area contributed by atoms with Crippen LogP contribution in [-0.2, 0) is 27.1 Å². The van der Waals surface area contributed by atoms with Gasteiger partial charge in [0.1, 0.15) is 4.90 Å². The molecule has 0 atom stereocenters. The van der Waals surface area contributed by atoms with Crippen LogP contribution >= 0.6 is 0 Å². The number of fused-ring (bicyclic) bond motifs is 1. The highest BCUT2D eigenvalue weighted by Crippen LogP contribution is 2.27. The molecule has 0 radical (unpaired) electrons. The van der Waals surface area contributed by atoms with Crippen LogP contribution in [0.4, 0.5) is 0 Å². The van der Waals surface area contributed by atoms with Crippen LogP contribution in [0.3, 0.4) is 0 Å². The predicted octanol–water partition coefficient (Wildman–Crippen LogP) is 1.66. The van der Waals surface area contributed by atoms with E-state index >= 15 is 0 Å². The van der Waals surface area contributed by atoms with Crippen molar-refractivity contribution < 1.29 is 16.8 Å². The molecule has 1 aliphatic heterocycles. The van der Waals surface area contributed by atoms with Gasteiger partial charge in [0, 0.05) is 44.8 Å². The van der Waals surface area contributed by atoms with E-state index in [1.807, 2.05) is 24.3 Å². The fourth-order valence-electron chi connectivity index (χ4n) is 3.59. The minimum Gasteiger partial charge on any atom is -0.274 e. The van der Waals surface area contributed by atoms with Crippen LogP contribution < -0.4 is 0 Å². The third-order valence-corrected chi connectivity index (χ3v) is 8.91. The molecule has 0 amide bonds. The van der Waals surface area contributed by atoms with Crippen LogP contribution in [0.25, 0.3) is 10.8 Å². The molecule has 29 heavy (non-hydrogen) atoms. The van der Waals surface area contributed by atoms with Gasteiger partial charge in [-0.15, -0.1) is 0 Å². The van der Waals surface area contributed by atoms with E-state index in [0.717, 1.165) is 5.39 Å². The van der Waals surface area contributed by atoms with Crippen molar-refractivity contribution in [3.8, 4) is 0 Å². The zero-order valence-electron chi connectivity index (χ0n) is 16.0. The summed E-state index contributed by atoms with van der Waals surface area (Å²) in [6.07, 6.45) is 3.18. The van der Waals surface area contributed by atoms with Gasteiger partial charge >= 0.3 is 0 Å². The molecule has 0 N–H and O–H groups in total. The lowest BCUT2D eigenvalue weighted by Crippen LogP contribution is -2.37. The fourth-order valence-corrected chi connectivity index (χ4v) is 6.73. The summed E-state index contributed by atoms with van der Waals surface area (Å²) in [5.41, 5.74) is 0. The van der Waals surface area contributed by atoms with Crippen LogP contribution in [-0.4, -0.2) is 61.4 Å². The molecule has 2 aromatic carbocycles. The van der Waals surface area contributed by atoms with Gasteiger partial charge in [0.15, 0.2) is 0 Å². The monoisotopic (exact) mass is 434 g/mol. The number of aryl methyl sites for hydroxylation is 1. The zero-order valence-corrected chi connectivity index (χ0v) is 17.6. The Bertz CT molecular complexity index is 1250. The van der Waals surface area contributed by atoms with Gasteiger partial charge in [-0.1, -0.05) is 36.4 Å². The van der Waals surface area contributed by atoms with Crippen molar-refractivity contribution in [3.63, 3.8) is 0 Å². The van der Waals surface area contributed by atoms with Gasteiger partial charge in [-0.25, -0.2) is 16.8 Å². The van der Waals surface area contributed by atoms with E-state index < -0.39 is 20.0 Å². The summed E-state index contributed by atoms with van der Waals surface area (Å²) in [5, 5.41) is 5.45. The van der Waals surface area contributed by atoms with Gasteiger partial charge in [-0.2, -0.15) is 13.7 Å². The number of hydrogen-bond acceptors (Lipinski definition) is 5. The number of benzene rings is 2. The first-order chi connectivity index (χ1) is 13.8. The van der Waals surface area contributed by atoms with E-state index in [4.69, 9.17) is 0 Å². The van der Waals surface area contributed by atoms with E-state index in [2.05, 4.69) is 5.10 Å². The van der Waals surface area contributed by atoms with Crippen molar-refractivity contribution >= 4 is 30.8 Å². The molecular weight excluding hydrogens is 412 g/mol. The molecule has 4 rings (SSSR count). The third-order valence-electron chi connectivity index (χ3n) is 5.10. The molecule has 10 heteroatoms. The number of nitrogens with zero attached hydrogens (tertiary/aromatic N) is 4. The standard InChI is InChI=1S/C19H22N4O4S2/c1-21-15-17(14-20-21)28(24,25)22-10-5-11-23(13-12-22)29(26,27)19-9-4-7-16-6-2-3-8-18(16)19/h2-4,6-9,14-15H,5,10-13H2,1H3. The van der Waals surface area contributed by atoms with E-state index in [-0.39, 0.29) is 36.0 Å². The Hall–Kier alpha value is -2.27. The summed E-state index contributed by atoms with van der Waals surface area (Å²) in [7, 11) is -5.80. The highest BCUT2D eigenvalue weighted by molar-refractivity contribution is 7.89. The Morgan fingerprint density at radius 2 is 1.48 bits per heavy atom. The topological polar surface area (TPSA) is 92.6 Å². The molecule has 0 aliphatic carbocycles. The third kappa shape index (κ3) is 3.68. The van der Waals surface area contributed by atoms with Crippen LogP contribution in [0.1, 0.15) is 6.42 Å². The number of rotatable bonds is 4. The minimum absolute atomic E-state index is 0.0984. The molecule has 1 saturated heterocycles. The van der Waals surface area contributed by atoms with E-state index in [0.29, 0.717) is 11.8 Å². The van der Waals surface area contributed by atoms with Crippen LogP contribution in [0.15, 0.2) is 64.6 Å². The lowest BCUT2D eigenvalue weighted by molar-refractivity contribution is 0.405. The molecule has 1 aromatic heterocycles. The first-order valence-corrected chi connectivity index (χ1v) is 12.1. The second-order valence-electron chi connectivity index (χ2n) is 6.99. The smallest absolute Gasteiger partial charge is 0.246 e. The number of sulfonamides is 2. The van der Waals surface area contributed by atoms with Gasteiger partial charge in [-0.3, -0.25) is 4.68 Å². The lowest BCUT2D eigenvalue weighted by atomic mass is 10.1. The normalized spacial score (nSPS) is 17.4. The number of aromatic nitrogens is 2. The molecule has 0 saturated carbocycles. The Kier molecular flexibility index (Phi) is 5.19. The fraction of sp³-hybridized carbons (Fsp3) is 0.316. The van der Waals surface area contributed by atoms with Crippen LogP contribution in [0, 0.1) is 0 Å². The Morgan fingerprint density at radius 1 is 0.828 bits per heavy atom. The summed E-state index contributed by atoms with van der Waals surface area (Å²) in [6.45, 7) is 0.732. The SMILES string of the molecule is Cn1cc(S(=O)(=O)N2CCCN(S(=O)(=O)c3cccc4ccccc34)CC2)cn1. The Labute approximate surface area is 170 Å². The summed E-state index contributed by atoms with van der Waals surface area (Å²) < 4.78 is 56.5. The van der Waals surface area contributed by atoms with Crippen molar-refractivity contribution in [3.05, 3.63) is 54.9 Å². The second-order valence-corrected chi connectivity index (χ2v) is 10.8. The Balaban J connectivity index is 1.61. The molecule has 8 nitrogen and oxygen atoms in total. The van der Waals surface area contributed by atoms with Crippen molar-refractivity contribution in [2.45, 2.75) is 16.2 Å². The number of hydrogen-bond donors (Lipinski definition) is 0. The van der Waals surface area contributed by atoms with Gasteiger partial charge in [0.05, 0.1) is 11.1 Å². The van der Waals surface area contributed by atoms with E-state index in [9.17, 15) is 16.8 Å². The van der Waals surface area contributed by atoms with Crippen molar-refractivity contribution in [2.75, 3.05) is 26.2 Å². The molecule has 1 aliphatic rings. The van der Waals surface area contributed by atoms with Gasteiger partial charge in [0.25, 0.3) is 0 Å². The summed E-state index contributed by atoms with van der Waals surface area (Å²) in [5.74, 6) is 0. The zero-order chi connectivity index (χ0) is 20.6. The molecule has 1 fully saturated rings. The van der Waals surface area contributed by atoms with Gasteiger partial charge in [0.2, 0.25) is 20.0 Å². The summed E-state index contributed by atoms with van der Waals surface area (Å²) in [4.78, 5) is 0.365. The minimum atomic E-state index is -3.75. The molecule has 2 heterocycles. The first kappa shape index (κ1) is 20.0. The van der Waals surface area contributed by atoms with Crippen molar-refractivity contribution in [1.29, 1.82) is 0 Å². The quantitative estimate of drug-likeness (QED) is 0.623. The highest BCUT2D eigenvalue weighted by atomic mass is 32.2. The van der Waals surface area contributed by atoms with Crippen LogP contribution in [0.5, 0.6) is 0 Å². The molecule has 3 aromatic rings. The maximum atomic E-state index is 13.3. The summed E-state index contributed by atoms with van der Waals surface area (Å²) >= 11 is 0. The Morgan fingerprint density at radius 3 is 2.17 bits per heavy atom.